The molecule has 192 valence electrons. The van der Waals surface area contributed by atoms with E-state index in [4.69, 9.17) is 13.9 Å². The third kappa shape index (κ3) is 7.66. The standard InChI is InChI=1S/C28H40N2O5/c1-17(2)24(27(32)35-28(5,6)7)30-25(31)21-9-8-10-22(15-21)33-16-23-19(4)34-26(29-23)20-13-11-18(3)12-14-20/h11-14,17,21-22,24H,8-10,15-16H2,1-7H3,(H,30,31)/t21-,22+,24?/m1/s1. The summed E-state index contributed by atoms with van der Waals surface area (Å²) in [4.78, 5) is 30.3. The van der Waals surface area contributed by atoms with Gasteiger partial charge in [-0.3, -0.25) is 4.79 Å². The monoisotopic (exact) mass is 484 g/mol. The molecule has 1 aromatic heterocycles. The number of carbonyl (C=O) groups is 2. The molecule has 0 bridgehead atoms. The van der Waals surface area contributed by atoms with Gasteiger partial charge in [-0.1, -0.05) is 38.0 Å². The van der Waals surface area contributed by atoms with Crippen LogP contribution in [-0.2, 0) is 25.7 Å². The van der Waals surface area contributed by atoms with Crippen LogP contribution in [0.2, 0.25) is 0 Å². The lowest BCUT2D eigenvalue weighted by molar-refractivity contribution is -0.160. The molecule has 1 aromatic carbocycles. The number of carbonyl (C=O) groups excluding carboxylic acids is 2. The maximum Gasteiger partial charge on any atom is 0.329 e. The zero-order chi connectivity index (χ0) is 25.8. The molecule has 1 saturated carbocycles. The first-order valence-electron chi connectivity index (χ1n) is 12.6. The zero-order valence-electron chi connectivity index (χ0n) is 22.1. The minimum absolute atomic E-state index is 0.0440. The van der Waals surface area contributed by atoms with Gasteiger partial charge in [0.25, 0.3) is 0 Å². The van der Waals surface area contributed by atoms with Gasteiger partial charge in [0.1, 0.15) is 23.1 Å². The van der Waals surface area contributed by atoms with Gasteiger partial charge in [-0.15, -0.1) is 0 Å². The average Bonchev–Trinajstić information content (AvgIpc) is 3.15. The van der Waals surface area contributed by atoms with Crippen molar-refractivity contribution in [3.63, 3.8) is 0 Å². The van der Waals surface area contributed by atoms with Gasteiger partial charge >= 0.3 is 5.97 Å². The van der Waals surface area contributed by atoms with E-state index < -0.39 is 17.6 Å². The van der Waals surface area contributed by atoms with E-state index >= 15 is 0 Å². The summed E-state index contributed by atoms with van der Waals surface area (Å²) in [5, 5.41) is 2.94. The van der Waals surface area contributed by atoms with Crippen LogP contribution < -0.4 is 5.32 Å². The number of aryl methyl sites for hydroxylation is 2. The van der Waals surface area contributed by atoms with Crippen molar-refractivity contribution >= 4 is 11.9 Å². The van der Waals surface area contributed by atoms with Crippen molar-refractivity contribution in [2.45, 2.75) is 98.5 Å². The summed E-state index contributed by atoms with van der Waals surface area (Å²) in [6.07, 6.45) is 3.15. The SMILES string of the molecule is Cc1ccc(-c2nc(CO[C@H]3CCC[C@@H](C(=O)NC(C(=O)OC(C)(C)C)C(C)C)C3)c(C)o2)cc1. The topological polar surface area (TPSA) is 90.7 Å². The van der Waals surface area contributed by atoms with Gasteiger partial charge in [0, 0.05) is 11.5 Å². The van der Waals surface area contributed by atoms with E-state index in [9.17, 15) is 9.59 Å². The second-order valence-corrected chi connectivity index (χ2v) is 10.9. The van der Waals surface area contributed by atoms with Crippen LogP contribution in [-0.4, -0.2) is 34.6 Å². The van der Waals surface area contributed by atoms with E-state index in [1.54, 1.807) is 0 Å². The van der Waals surface area contributed by atoms with E-state index in [1.165, 1.54) is 5.56 Å². The number of oxazole rings is 1. The Morgan fingerprint density at radius 1 is 1.14 bits per heavy atom. The van der Waals surface area contributed by atoms with Crippen molar-refractivity contribution in [1.29, 1.82) is 0 Å². The summed E-state index contributed by atoms with van der Waals surface area (Å²) in [6.45, 7) is 13.6. The van der Waals surface area contributed by atoms with Crippen LogP contribution in [0, 0.1) is 25.7 Å². The third-order valence-electron chi connectivity index (χ3n) is 6.27. The number of esters is 1. The maximum atomic E-state index is 13.0. The van der Waals surface area contributed by atoms with Gasteiger partial charge in [-0.05, 0) is 71.9 Å². The molecule has 3 atom stereocenters. The summed E-state index contributed by atoms with van der Waals surface area (Å²) >= 11 is 0. The number of amides is 1. The predicted molar refractivity (Wildman–Crippen MR) is 135 cm³/mol. The molecule has 0 saturated heterocycles. The second-order valence-electron chi connectivity index (χ2n) is 10.9. The van der Waals surface area contributed by atoms with Gasteiger partial charge in [0.2, 0.25) is 11.8 Å². The van der Waals surface area contributed by atoms with Crippen LogP contribution in [0.25, 0.3) is 11.5 Å². The summed E-state index contributed by atoms with van der Waals surface area (Å²) in [7, 11) is 0. The summed E-state index contributed by atoms with van der Waals surface area (Å²) in [6, 6.07) is 7.39. The number of aromatic nitrogens is 1. The van der Waals surface area contributed by atoms with Gasteiger partial charge < -0.3 is 19.2 Å². The van der Waals surface area contributed by atoms with Crippen molar-refractivity contribution in [2.75, 3.05) is 0 Å². The van der Waals surface area contributed by atoms with E-state index in [1.807, 2.05) is 72.7 Å². The number of nitrogens with one attached hydrogen (secondary N) is 1. The number of hydrogen-bond acceptors (Lipinski definition) is 6. The van der Waals surface area contributed by atoms with Crippen LogP contribution in [0.5, 0.6) is 0 Å². The molecular weight excluding hydrogens is 444 g/mol. The Morgan fingerprint density at radius 3 is 2.46 bits per heavy atom. The maximum absolute atomic E-state index is 13.0. The fourth-order valence-electron chi connectivity index (χ4n) is 4.25. The fourth-order valence-corrected chi connectivity index (χ4v) is 4.25. The van der Waals surface area contributed by atoms with Crippen molar-refractivity contribution in [3.05, 3.63) is 41.3 Å². The Bertz CT molecular complexity index is 1000. The van der Waals surface area contributed by atoms with Crippen molar-refractivity contribution in [1.82, 2.24) is 10.3 Å². The normalized spacial score (nSPS) is 19.4. The molecule has 1 N–H and O–H groups in total. The highest BCUT2D eigenvalue weighted by atomic mass is 16.6. The highest BCUT2D eigenvalue weighted by Crippen LogP contribution is 2.29. The van der Waals surface area contributed by atoms with E-state index in [2.05, 4.69) is 10.3 Å². The summed E-state index contributed by atoms with van der Waals surface area (Å²) in [5.41, 5.74) is 2.29. The molecule has 0 radical (unpaired) electrons. The first kappa shape index (κ1) is 26.9. The van der Waals surface area contributed by atoms with Crippen LogP contribution >= 0.6 is 0 Å². The van der Waals surface area contributed by atoms with Gasteiger partial charge in [0.05, 0.1) is 12.7 Å². The number of rotatable bonds is 8. The predicted octanol–water partition coefficient (Wildman–Crippen LogP) is 5.52. The Kier molecular flexibility index (Phi) is 8.75. The Morgan fingerprint density at radius 2 is 1.83 bits per heavy atom. The lowest BCUT2D eigenvalue weighted by atomic mass is 9.86. The summed E-state index contributed by atoms with van der Waals surface area (Å²) < 4.78 is 17.5. The molecule has 0 spiro atoms. The van der Waals surface area contributed by atoms with Crippen LogP contribution in [0.4, 0.5) is 0 Å². The first-order chi connectivity index (χ1) is 16.4. The average molecular weight is 485 g/mol. The Hall–Kier alpha value is -2.67. The van der Waals surface area contributed by atoms with E-state index in [-0.39, 0.29) is 23.8 Å². The largest absolute Gasteiger partial charge is 0.458 e. The molecule has 7 heteroatoms. The quantitative estimate of drug-likeness (QED) is 0.497. The summed E-state index contributed by atoms with van der Waals surface area (Å²) in [5.74, 6) is 0.561. The van der Waals surface area contributed by atoms with Gasteiger partial charge in [-0.25, -0.2) is 9.78 Å². The van der Waals surface area contributed by atoms with Crippen LogP contribution in [0.15, 0.2) is 28.7 Å². The molecule has 1 unspecified atom stereocenters. The molecule has 1 fully saturated rings. The number of benzene rings is 1. The lowest BCUT2D eigenvalue weighted by Gasteiger charge is -2.31. The number of ether oxygens (including phenoxy) is 2. The van der Waals surface area contributed by atoms with Crippen LogP contribution in [0.3, 0.4) is 0 Å². The highest BCUT2D eigenvalue weighted by molar-refractivity contribution is 5.86. The molecule has 1 aliphatic carbocycles. The highest BCUT2D eigenvalue weighted by Gasteiger charge is 2.34. The molecule has 2 aromatic rings. The lowest BCUT2D eigenvalue weighted by Crippen LogP contribution is -2.49. The number of nitrogens with zero attached hydrogens (tertiary/aromatic N) is 1. The van der Waals surface area contributed by atoms with E-state index in [0.717, 1.165) is 36.3 Å². The Balaban J connectivity index is 1.56. The minimum atomic E-state index is -0.666. The van der Waals surface area contributed by atoms with Crippen LogP contribution in [0.1, 0.15) is 77.3 Å². The first-order valence-corrected chi connectivity index (χ1v) is 12.6. The van der Waals surface area contributed by atoms with E-state index in [0.29, 0.717) is 18.9 Å². The van der Waals surface area contributed by atoms with Crippen molar-refractivity contribution in [2.24, 2.45) is 11.8 Å². The minimum Gasteiger partial charge on any atom is -0.458 e. The molecule has 7 nitrogen and oxygen atoms in total. The fraction of sp³-hybridized carbons (Fsp3) is 0.607. The molecule has 1 heterocycles. The molecule has 35 heavy (non-hydrogen) atoms. The molecule has 0 aliphatic heterocycles. The zero-order valence-corrected chi connectivity index (χ0v) is 22.1. The van der Waals surface area contributed by atoms with Crippen molar-refractivity contribution < 1.29 is 23.5 Å². The second kappa shape index (κ2) is 11.4. The molecule has 1 aliphatic rings. The third-order valence-corrected chi connectivity index (χ3v) is 6.27. The van der Waals surface area contributed by atoms with Gasteiger partial charge in [-0.2, -0.15) is 0 Å². The molecule has 1 amide bonds. The Labute approximate surface area is 209 Å². The van der Waals surface area contributed by atoms with Crippen molar-refractivity contribution in [3.8, 4) is 11.5 Å². The molecule has 3 rings (SSSR count). The number of hydrogen-bond donors (Lipinski definition) is 1. The smallest absolute Gasteiger partial charge is 0.329 e. The molecular formula is C28H40N2O5. The van der Waals surface area contributed by atoms with Gasteiger partial charge in [0.15, 0.2) is 0 Å².